The fourth-order valence-electron chi connectivity index (χ4n) is 4.86. The minimum absolute atomic E-state index is 0.0399. The largest absolute Gasteiger partial charge is 0.468 e. The number of nitrogens with one attached hydrogen (secondary N) is 1. The molecule has 0 saturated carbocycles. The maximum atomic E-state index is 13.1. The Morgan fingerprint density at radius 2 is 2.13 bits per heavy atom. The highest BCUT2D eigenvalue weighted by Crippen LogP contribution is 2.47. The first-order valence-corrected chi connectivity index (χ1v) is 13.9. The molecule has 1 atom stereocenters. The van der Waals surface area contributed by atoms with Crippen LogP contribution >= 0.6 is 23.1 Å². The van der Waals surface area contributed by atoms with E-state index in [1.54, 1.807) is 23.2 Å². The van der Waals surface area contributed by atoms with Gasteiger partial charge in [-0.05, 0) is 37.1 Å². The standard InChI is InChI=1S/C27H21N7O3S2/c28-12-17-23(21-9-4-10-37-21)24-19(7-3-8-20(24)35)34(25(17)29)26-32-33-27(39-26)38-14-22(36)31-16-11-15-5-1-2-6-18(15)30-13-16/h1-2,4-6,9-11,13,23H,3,7-8,14,29H2,(H,31,36). The second-order valence-corrected chi connectivity index (χ2v) is 11.1. The zero-order valence-corrected chi connectivity index (χ0v) is 22.1. The summed E-state index contributed by atoms with van der Waals surface area (Å²) in [6.45, 7) is 0. The van der Waals surface area contributed by atoms with Gasteiger partial charge in [0, 0.05) is 23.1 Å². The molecule has 1 unspecified atom stereocenters. The summed E-state index contributed by atoms with van der Waals surface area (Å²) in [5.74, 6) is -0.0915. The molecule has 3 aromatic heterocycles. The van der Waals surface area contributed by atoms with Gasteiger partial charge in [-0.25, -0.2) is 0 Å². The predicted octanol–water partition coefficient (Wildman–Crippen LogP) is 4.71. The van der Waals surface area contributed by atoms with Gasteiger partial charge in [0.05, 0.1) is 47.0 Å². The number of anilines is 2. The van der Waals surface area contributed by atoms with E-state index in [0.717, 1.165) is 10.9 Å². The number of nitrogens with two attached hydrogens (primary N) is 1. The van der Waals surface area contributed by atoms with Crippen LogP contribution in [0, 0.1) is 11.3 Å². The first-order chi connectivity index (χ1) is 19.0. The highest BCUT2D eigenvalue weighted by atomic mass is 32.2. The van der Waals surface area contributed by atoms with Crippen molar-refractivity contribution in [2.75, 3.05) is 16.0 Å². The van der Waals surface area contributed by atoms with Crippen molar-refractivity contribution in [3.63, 3.8) is 0 Å². The molecule has 194 valence electrons. The van der Waals surface area contributed by atoms with Gasteiger partial charge in [-0.1, -0.05) is 41.3 Å². The molecule has 1 aliphatic heterocycles. The van der Waals surface area contributed by atoms with Crippen molar-refractivity contribution in [2.45, 2.75) is 29.5 Å². The van der Waals surface area contributed by atoms with Crippen LogP contribution in [0.1, 0.15) is 30.9 Å². The summed E-state index contributed by atoms with van der Waals surface area (Å²) in [5, 5.41) is 22.8. The number of Topliss-reactive ketones (excluding diaryl/α,β-unsaturated/α-hetero) is 1. The van der Waals surface area contributed by atoms with Crippen LogP contribution < -0.4 is 16.0 Å². The Bertz CT molecular complexity index is 1700. The summed E-state index contributed by atoms with van der Waals surface area (Å²) in [6, 6.07) is 15.2. The van der Waals surface area contributed by atoms with Crippen LogP contribution in [-0.4, -0.2) is 32.6 Å². The second-order valence-electron chi connectivity index (χ2n) is 8.94. The van der Waals surface area contributed by atoms with E-state index in [0.29, 0.717) is 51.5 Å². The Hall–Kier alpha value is -4.47. The fourth-order valence-corrected chi connectivity index (χ4v) is 6.54. The fraction of sp³-hybridized carbons (Fsp3) is 0.185. The van der Waals surface area contributed by atoms with E-state index < -0.39 is 5.92 Å². The lowest BCUT2D eigenvalue weighted by Crippen LogP contribution is -2.38. The van der Waals surface area contributed by atoms with Gasteiger partial charge in [-0.2, -0.15) is 5.26 Å². The number of pyridine rings is 1. The first-order valence-electron chi connectivity index (χ1n) is 12.1. The number of furan rings is 1. The van der Waals surface area contributed by atoms with Gasteiger partial charge >= 0.3 is 0 Å². The highest BCUT2D eigenvalue weighted by molar-refractivity contribution is 8.01. The van der Waals surface area contributed by atoms with Gasteiger partial charge < -0.3 is 15.5 Å². The molecule has 0 saturated heterocycles. The number of para-hydroxylation sites is 1. The number of hydrogen-bond donors (Lipinski definition) is 2. The number of fused-ring (bicyclic) bond motifs is 1. The van der Waals surface area contributed by atoms with Crippen LogP contribution in [0.2, 0.25) is 0 Å². The molecule has 0 fully saturated rings. The smallest absolute Gasteiger partial charge is 0.234 e. The number of nitrogens with zero attached hydrogens (tertiary/aromatic N) is 5. The Morgan fingerprint density at radius 3 is 2.95 bits per heavy atom. The number of benzene rings is 1. The molecule has 12 heteroatoms. The van der Waals surface area contributed by atoms with Crippen LogP contribution in [0.25, 0.3) is 10.9 Å². The molecule has 0 radical (unpaired) electrons. The maximum Gasteiger partial charge on any atom is 0.234 e. The number of hydrogen-bond acceptors (Lipinski definition) is 11. The van der Waals surface area contributed by atoms with Crippen molar-refractivity contribution in [2.24, 2.45) is 5.73 Å². The number of carbonyl (C=O) groups is 2. The average Bonchev–Trinajstić information content (AvgIpc) is 3.64. The van der Waals surface area contributed by atoms with Gasteiger partial charge in [0.25, 0.3) is 0 Å². The predicted molar refractivity (Wildman–Crippen MR) is 148 cm³/mol. The zero-order valence-electron chi connectivity index (χ0n) is 20.5. The number of amides is 1. The van der Waals surface area contributed by atoms with E-state index in [4.69, 9.17) is 10.2 Å². The van der Waals surface area contributed by atoms with Crippen molar-refractivity contribution < 1.29 is 14.0 Å². The molecule has 0 spiro atoms. The summed E-state index contributed by atoms with van der Waals surface area (Å²) >= 11 is 2.48. The van der Waals surface area contributed by atoms with Crippen molar-refractivity contribution in [1.29, 1.82) is 5.26 Å². The van der Waals surface area contributed by atoms with Gasteiger partial charge in [-0.15, -0.1) is 10.2 Å². The lowest BCUT2D eigenvalue weighted by molar-refractivity contribution is -0.116. The minimum Gasteiger partial charge on any atom is -0.468 e. The van der Waals surface area contributed by atoms with Crippen molar-refractivity contribution >= 4 is 56.5 Å². The molecule has 3 N–H and O–H groups in total. The van der Waals surface area contributed by atoms with E-state index in [2.05, 4.69) is 26.6 Å². The van der Waals surface area contributed by atoms with Crippen LogP contribution in [0.3, 0.4) is 0 Å². The lowest BCUT2D eigenvalue weighted by atomic mass is 9.78. The average molecular weight is 556 g/mol. The normalized spacial score (nSPS) is 17.4. The molecule has 1 aromatic carbocycles. The molecule has 4 heterocycles. The van der Waals surface area contributed by atoms with Gasteiger partial charge in [0.15, 0.2) is 10.1 Å². The third-order valence-electron chi connectivity index (χ3n) is 6.53. The molecule has 2 aliphatic rings. The number of rotatable bonds is 6. The van der Waals surface area contributed by atoms with Crippen LogP contribution in [0.4, 0.5) is 10.8 Å². The molecule has 4 aromatic rings. The summed E-state index contributed by atoms with van der Waals surface area (Å²) in [4.78, 5) is 31.7. The van der Waals surface area contributed by atoms with E-state index in [1.165, 1.54) is 29.4 Å². The minimum atomic E-state index is -0.654. The third-order valence-corrected chi connectivity index (χ3v) is 8.57. The Labute approximate surface area is 231 Å². The number of ketones is 1. The topological polar surface area (TPSA) is 151 Å². The second kappa shape index (κ2) is 10.4. The van der Waals surface area contributed by atoms with Crippen LogP contribution in [0.15, 0.2) is 86.3 Å². The van der Waals surface area contributed by atoms with Gasteiger partial charge in [-0.3, -0.25) is 19.5 Å². The number of carbonyl (C=O) groups excluding carboxylic acids is 2. The maximum absolute atomic E-state index is 13.1. The molecule has 0 bridgehead atoms. The third kappa shape index (κ3) is 4.67. The molecule has 39 heavy (non-hydrogen) atoms. The van der Waals surface area contributed by atoms with E-state index in [9.17, 15) is 14.9 Å². The number of thioether (sulfide) groups is 1. The number of nitriles is 1. The molecule has 1 aliphatic carbocycles. The first kappa shape index (κ1) is 24.8. The number of allylic oxidation sites excluding steroid dienone is 3. The Morgan fingerprint density at radius 1 is 1.26 bits per heavy atom. The van der Waals surface area contributed by atoms with Gasteiger partial charge in [0.1, 0.15) is 11.6 Å². The SMILES string of the molecule is N#CC1=C(N)N(c2nnc(SCC(=O)Nc3cnc4ccccc4c3)s2)C2=C(C(=O)CCC2)C1c1ccco1. The summed E-state index contributed by atoms with van der Waals surface area (Å²) in [7, 11) is 0. The quantitative estimate of drug-likeness (QED) is 0.320. The highest BCUT2D eigenvalue weighted by Gasteiger charge is 2.42. The molecule has 6 rings (SSSR count). The van der Waals surface area contributed by atoms with Crippen LogP contribution in [0.5, 0.6) is 0 Å². The van der Waals surface area contributed by atoms with Crippen molar-refractivity contribution in [1.82, 2.24) is 15.2 Å². The van der Waals surface area contributed by atoms with E-state index in [1.807, 2.05) is 30.3 Å². The monoisotopic (exact) mass is 555 g/mol. The van der Waals surface area contributed by atoms with E-state index >= 15 is 0 Å². The lowest BCUT2D eigenvalue weighted by Gasteiger charge is -2.37. The zero-order chi connectivity index (χ0) is 26.9. The summed E-state index contributed by atoms with van der Waals surface area (Å²) in [5.41, 5.74) is 9.44. The Kier molecular flexibility index (Phi) is 6.60. The molecular weight excluding hydrogens is 534 g/mol. The molecular formula is C27H21N7O3S2. The van der Waals surface area contributed by atoms with E-state index in [-0.39, 0.29) is 28.8 Å². The molecule has 1 amide bonds. The molecule has 10 nitrogen and oxygen atoms in total. The van der Waals surface area contributed by atoms with Crippen LogP contribution in [-0.2, 0) is 9.59 Å². The number of aromatic nitrogens is 3. The summed E-state index contributed by atoms with van der Waals surface area (Å²) < 4.78 is 6.15. The van der Waals surface area contributed by atoms with Crippen molar-refractivity contribution in [3.05, 3.63) is 83.3 Å². The summed E-state index contributed by atoms with van der Waals surface area (Å²) in [6.07, 6.45) is 4.79. The Balaban J connectivity index is 1.22. The van der Waals surface area contributed by atoms with Crippen molar-refractivity contribution in [3.8, 4) is 6.07 Å². The van der Waals surface area contributed by atoms with Gasteiger partial charge in [0.2, 0.25) is 11.0 Å².